The number of sulfonamides is 1. The minimum absolute atomic E-state index is 0.00765. The van der Waals surface area contributed by atoms with Crippen molar-refractivity contribution in [2.75, 3.05) is 17.8 Å². The molecule has 0 aliphatic carbocycles. The number of benzene rings is 2. The summed E-state index contributed by atoms with van der Waals surface area (Å²) in [5, 5.41) is 0. The van der Waals surface area contributed by atoms with E-state index < -0.39 is 21.4 Å². The van der Waals surface area contributed by atoms with E-state index in [0.29, 0.717) is 25.2 Å². The Balaban J connectivity index is 1.41. The molecule has 3 heterocycles. The fourth-order valence-electron chi connectivity index (χ4n) is 4.79. The SMILES string of the molecule is O=C(c1ccccc1)N1C[C@H]2C[C@H](C1)c1ccc(NS(=O)(=O)c3cccc(F)c3)c(=O)n1C2. The minimum Gasteiger partial charge on any atom is -0.338 e. The zero-order valence-electron chi connectivity index (χ0n) is 17.6. The molecule has 2 aliphatic heterocycles. The van der Waals surface area contributed by atoms with Crippen molar-refractivity contribution in [1.29, 1.82) is 0 Å². The molecule has 33 heavy (non-hydrogen) atoms. The normalized spacial score (nSPS) is 19.6. The summed E-state index contributed by atoms with van der Waals surface area (Å²) >= 11 is 0. The number of rotatable bonds is 4. The van der Waals surface area contributed by atoms with Crippen LogP contribution in [0.2, 0.25) is 0 Å². The number of anilines is 1. The van der Waals surface area contributed by atoms with E-state index in [9.17, 15) is 22.4 Å². The molecule has 0 unspecified atom stereocenters. The molecule has 1 saturated heterocycles. The van der Waals surface area contributed by atoms with Crippen LogP contribution in [0.25, 0.3) is 0 Å². The maximum Gasteiger partial charge on any atom is 0.275 e. The highest BCUT2D eigenvalue weighted by molar-refractivity contribution is 7.92. The molecular weight excluding hydrogens is 445 g/mol. The third-order valence-electron chi connectivity index (χ3n) is 6.26. The Morgan fingerprint density at radius 2 is 1.76 bits per heavy atom. The highest BCUT2D eigenvalue weighted by atomic mass is 32.2. The fourth-order valence-corrected chi connectivity index (χ4v) is 5.88. The molecule has 3 aromatic rings. The third-order valence-corrected chi connectivity index (χ3v) is 7.63. The molecule has 2 aliphatic rings. The van der Waals surface area contributed by atoms with Crippen molar-refractivity contribution in [2.45, 2.75) is 23.8 Å². The van der Waals surface area contributed by atoms with E-state index in [0.717, 1.165) is 24.2 Å². The van der Waals surface area contributed by atoms with Crippen molar-refractivity contribution in [3.05, 3.63) is 94.2 Å². The van der Waals surface area contributed by atoms with E-state index in [2.05, 4.69) is 4.72 Å². The van der Waals surface area contributed by atoms with E-state index in [-0.39, 0.29) is 28.3 Å². The molecule has 0 saturated carbocycles. The van der Waals surface area contributed by atoms with Gasteiger partial charge in [-0.25, -0.2) is 12.8 Å². The lowest BCUT2D eigenvalue weighted by atomic mass is 9.83. The van der Waals surface area contributed by atoms with Crippen LogP contribution in [0.4, 0.5) is 10.1 Å². The van der Waals surface area contributed by atoms with E-state index in [4.69, 9.17) is 0 Å². The number of nitrogens with one attached hydrogen (secondary N) is 1. The van der Waals surface area contributed by atoms with Gasteiger partial charge in [-0.2, -0.15) is 0 Å². The van der Waals surface area contributed by atoms with Gasteiger partial charge in [0.05, 0.1) is 4.90 Å². The van der Waals surface area contributed by atoms with E-state index >= 15 is 0 Å². The van der Waals surface area contributed by atoms with Gasteiger partial charge >= 0.3 is 0 Å². The molecular formula is C24H22FN3O4S. The Morgan fingerprint density at radius 3 is 2.52 bits per heavy atom. The molecule has 1 amide bonds. The molecule has 7 nitrogen and oxygen atoms in total. The molecule has 1 aromatic heterocycles. The maximum atomic E-state index is 13.5. The second-order valence-corrected chi connectivity index (χ2v) is 10.2. The number of aromatic nitrogens is 1. The van der Waals surface area contributed by atoms with Crippen molar-refractivity contribution in [1.82, 2.24) is 9.47 Å². The van der Waals surface area contributed by atoms with Gasteiger partial charge in [0, 0.05) is 36.8 Å². The van der Waals surface area contributed by atoms with Gasteiger partial charge < -0.3 is 9.47 Å². The smallest absolute Gasteiger partial charge is 0.275 e. The van der Waals surface area contributed by atoms with Crippen LogP contribution in [0, 0.1) is 11.7 Å². The molecule has 1 N–H and O–H groups in total. The number of likely N-dealkylation sites (tertiary alicyclic amines) is 1. The summed E-state index contributed by atoms with van der Waals surface area (Å²) < 4.78 is 42.7. The van der Waals surface area contributed by atoms with Gasteiger partial charge in [-0.1, -0.05) is 24.3 Å². The third kappa shape index (κ3) is 4.04. The summed E-state index contributed by atoms with van der Waals surface area (Å²) in [6, 6.07) is 16.9. The van der Waals surface area contributed by atoms with Gasteiger partial charge in [0.25, 0.3) is 21.5 Å². The number of halogens is 1. The van der Waals surface area contributed by atoms with Gasteiger partial charge in [0.1, 0.15) is 11.5 Å². The number of pyridine rings is 1. The Hall–Kier alpha value is -3.46. The number of nitrogens with zero attached hydrogens (tertiary/aromatic N) is 2. The number of hydrogen-bond acceptors (Lipinski definition) is 4. The van der Waals surface area contributed by atoms with Crippen LogP contribution < -0.4 is 10.3 Å². The largest absolute Gasteiger partial charge is 0.338 e. The number of hydrogen-bond donors (Lipinski definition) is 1. The van der Waals surface area contributed by atoms with Crippen LogP contribution in [0.3, 0.4) is 0 Å². The number of carbonyl (C=O) groups is 1. The first-order chi connectivity index (χ1) is 15.8. The van der Waals surface area contributed by atoms with Crippen LogP contribution >= 0.6 is 0 Å². The minimum atomic E-state index is -4.11. The second-order valence-electron chi connectivity index (χ2n) is 8.53. The van der Waals surface area contributed by atoms with Crippen LogP contribution in [0.1, 0.15) is 28.4 Å². The molecule has 2 atom stereocenters. The molecule has 9 heteroatoms. The molecule has 2 bridgehead atoms. The predicted octanol–water partition coefficient (Wildman–Crippen LogP) is 3.05. The average molecular weight is 468 g/mol. The summed E-state index contributed by atoms with van der Waals surface area (Å²) in [6.45, 7) is 1.44. The Bertz CT molecular complexity index is 1390. The summed E-state index contributed by atoms with van der Waals surface area (Å²) in [5.74, 6) is -0.619. The van der Waals surface area contributed by atoms with Crippen molar-refractivity contribution in [2.24, 2.45) is 5.92 Å². The lowest BCUT2D eigenvalue weighted by Gasteiger charge is -2.43. The highest BCUT2D eigenvalue weighted by Crippen LogP contribution is 2.36. The van der Waals surface area contributed by atoms with Gasteiger partial charge in [-0.3, -0.25) is 14.3 Å². The van der Waals surface area contributed by atoms with Gasteiger partial charge in [-0.15, -0.1) is 0 Å². The first kappa shape index (κ1) is 21.4. The summed E-state index contributed by atoms with van der Waals surface area (Å²) in [4.78, 5) is 27.7. The predicted molar refractivity (Wildman–Crippen MR) is 121 cm³/mol. The Morgan fingerprint density at radius 1 is 0.970 bits per heavy atom. The summed E-state index contributed by atoms with van der Waals surface area (Å²) in [6.07, 6.45) is 0.867. The molecule has 5 rings (SSSR count). The lowest BCUT2D eigenvalue weighted by Crippen LogP contribution is -2.49. The van der Waals surface area contributed by atoms with Crippen LogP contribution in [-0.4, -0.2) is 36.9 Å². The standard InChI is InChI=1S/C24H22FN3O4S/c25-19-7-4-8-20(12-19)33(31,32)26-21-9-10-22-18-11-16(14-28(22)24(21)30)13-27(15-18)23(29)17-5-2-1-3-6-17/h1-10,12,16,18,26H,11,13-15H2/t16-,18-/m1/s1. The van der Waals surface area contributed by atoms with E-state index in [1.165, 1.54) is 18.2 Å². The average Bonchev–Trinajstić information content (AvgIpc) is 2.81. The first-order valence-electron chi connectivity index (χ1n) is 10.7. The molecule has 0 radical (unpaired) electrons. The van der Waals surface area contributed by atoms with Gasteiger partial charge in [0.15, 0.2) is 0 Å². The zero-order chi connectivity index (χ0) is 23.2. The molecule has 2 aromatic carbocycles. The van der Waals surface area contributed by atoms with Crippen molar-refractivity contribution in [3.8, 4) is 0 Å². The number of piperidine rings is 1. The van der Waals surface area contributed by atoms with Gasteiger partial charge in [0.2, 0.25) is 0 Å². The van der Waals surface area contributed by atoms with E-state index in [1.807, 2.05) is 23.1 Å². The molecule has 0 spiro atoms. The van der Waals surface area contributed by atoms with Crippen LogP contribution in [-0.2, 0) is 16.6 Å². The van der Waals surface area contributed by atoms with Crippen molar-refractivity contribution < 1.29 is 17.6 Å². The van der Waals surface area contributed by atoms with Crippen molar-refractivity contribution >= 4 is 21.6 Å². The quantitative estimate of drug-likeness (QED) is 0.639. The fraction of sp³-hybridized carbons (Fsp3) is 0.250. The lowest BCUT2D eigenvalue weighted by molar-refractivity contribution is 0.0594. The van der Waals surface area contributed by atoms with E-state index in [1.54, 1.807) is 22.8 Å². The number of carbonyl (C=O) groups excluding carboxylic acids is 1. The topological polar surface area (TPSA) is 88.5 Å². The maximum absolute atomic E-state index is 13.5. The Labute approximate surface area is 190 Å². The van der Waals surface area contributed by atoms with Crippen LogP contribution in [0.15, 0.2) is 76.4 Å². The zero-order valence-corrected chi connectivity index (χ0v) is 18.5. The highest BCUT2D eigenvalue weighted by Gasteiger charge is 2.37. The number of fused-ring (bicyclic) bond motifs is 4. The van der Waals surface area contributed by atoms with Crippen molar-refractivity contribution in [3.63, 3.8) is 0 Å². The van der Waals surface area contributed by atoms with Gasteiger partial charge in [-0.05, 0) is 54.8 Å². The number of amides is 1. The Kier molecular flexibility index (Phi) is 5.28. The monoisotopic (exact) mass is 467 g/mol. The molecule has 170 valence electrons. The molecule has 1 fully saturated rings. The summed E-state index contributed by atoms with van der Waals surface area (Å²) in [7, 11) is -4.11. The first-order valence-corrected chi connectivity index (χ1v) is 12.2. The van der Waals surface area contributed by atoms with Crippen LogP contribution in [0.5, 0.6) is 0 Å². The second kappa shape index (κ2) is 8.15. The summed E-state index contributed by atoms with van der Waals surface area (Å²) in [5.41, 5.74) is 0.901.